The zero-order valence-corrected chi connectivity index (χ0v) is 17.6. The van der Waals surface area contributed by atoms with Gasteiger partial charge in [-0.25, -0.2) is 0 Å². The van der Waals surface area contributed by atoms with Crippen LogP contribution in [0.5, 0.6) is 5.75 Å². The largest absolute Gasteiger partial charge is 0.494 e. The molecule has 3 aromatic rings. The molecule has 1 N–H and O–H groups in total. The highest BCUT2D eigenvalue weighted by Gasteiger charge is 2.16. The van der Waals surface area contributed by atoms with Gasteiger partial charge in [-0.2, -0.15) is 0 Å². The molecule has 0 aliphatic carbocycles. The molecule has 0 saturated heterocycles. The molecule has 29 heavy (non-hydrogen) atoms. The van der Waals surface area contributed by atoms with Gasteiger partial charge in [0, 0.05) is 28.4 Å². The van der Waals surface area contributed by atoms with Crippen LogP contribution in [0.4, 0.5) is 5.69 Å². The Labute approximate surface area is 176 Å². The highest BCUT2D eigenvalue weighted by molar-refractivity contribution is 7.98. The van der Waals surface area contributed by atoms with E-state index < -0.39 is 0 Å². The van der Waals surface area contributed by atoms with Crippen LogP contribution >= 0.6 is 11.8 Å². The minimum Gasteiger partial charge on any atom is -0.494 e. The third kappa shape index (κ3) is 6.69. The fraction of sp³-hybridized carbons (Fsp3) is 0.261. The van der Waals surface area contributed by atoms with Gasteiger partial charge in [0.05, 0.1) is 12.9 Å². The first kappa shape index (κ1) is 21.0. The van der Waals surface area contributed by atoms with Crippen LogP contribution in [-0.4, -0.2) is 38.1 Å². The molecule has 3 rings (SSSR count). The molecule has 1 heterocycles. The van der Waals surface area contributed by atoms with Crippen molar-refractivity contribution >= 4 is 23.4 Å². The van der Waals surface area contributed by atoms with E-state index >= 15 is 0 Å². The van der Waals surface area contributed by atoms with E-state index in [1.54, 1.807) is 18.0 Å². The number of nitrogens with one attached hydrogen (secondary N) is 1. The monoisotopic (exact) mass is 410 g/mol. The molecule has 0 aliphatic rings. The molecule has 0 aliphatic heterocycles. The lowest BCUT2D eigenvalue weighted by Gasteiger charge is -2.11. The first-order valence-electron chi connectivity index (χ1n) is 9.55. The lowest BCUT2D eigenvalue weighted by molar-refractivity contribution is 0.0995. The van der Waals surface area contributed by atoms with E-state index in [0.717, 1.165) is 29.2 Å². The minimum atomic E-state index is -0.252. The molecule has 0 bridgehead atoms. The summed E-state index contributed by atoms with van der Waals surface area (Å²) in [6.07, 6.45) is 2.52. The Hall–Kier alpha value is -2.70. The highest BCUT2D eigenvalue weighted by atomic mass is 32.2. The molecule has 2 aromatic carbocycles. The van der Waals surface area contributed by atoms with Crippen LogP contribution in [0.25, 0.3) is 0 Å². The van der Waals surface area contributed by atoms with Crippen LogP contribution in [0.1, 0.15) is 22.5 Å². The van der Waals surface area contributed by atoms with Crippen LogP contribution in [-0.2, 0) is 5.75 Å². The molecule has 0 saturated carbocycles. The number of hydrogen-bond acceptors (Lipinski definition) is 5. The maximum atomic E-state index is 12.6. The molecule has 0 spiro atoms. The number of thioether (sulfide) groups is 1. The first-order valence-corrected chi connectivity index (χ1v) is 10.5. The molecule has 0 fully saturated rings. The zero-order chi connectivity index (χ0) is 20.5. The number of amides is 1. The minimum absolute atomic E-state index is 0.252. The van der Waals surface area contributed by atoms with E-state index in [2.05, 4.69) is 22.3 Å². The first-order chi connectivity index (χ1) is 14.1. The molecule has 1 amide bonds. The molecular weight excluding hydrogens is 384 g/mol. The quantitative estimate of drug-likeness (QED) is 0.370. The number of anilines is 1. The van der Waals surface area contributed by atoms with Gasteiger partial charge in [0.15, 0.2) is 5.76 Å². The summed E-state index contributed by atoms with van der Waals surface area (Å²) >= 11 is 1.67. The van der Waals surface area contributed by atoms with Crippen molar-refractivity contribution in [2.75, 3.05) is 32.6 Å². The van der Waals surface area contributed by atoms with Gasteiger partial charge < -0.3 is 19.4 Å². The maximum absolute atomic E-state index is 12.6. The van der Waals surface area contributed by atoms with Crippen molar-refractivity contribution in [1.29, 1.82) is 0 Å². The van der Waals surface area contributed by atoms with Gasteiger partial charge >= 0.3 is 0 Å². The Morgan fingerprint density at radius 3 is 2.55 bits per heavy atom. The van der Waals surface area contributed by atoms with Gasteiger partial charge in [0.2, 0.25) is 0 Å². The topological polar surface area (TPSA) is 54.7 Å². The smallest absolute Gasteiger partial charge is 0.291 e. The number of hydrogen-bond donors (Lipinski definition) is 1. The summed E-state index contributed by atoms with van der Waals surface area (Å²) in [7, 11) is 4.09. The highest BCUT2D eigenvalue weighted by Crippen LogP contribution is 2.25. The summed E-state index contributed by atoms with van der Waals surface area (Å²) < 4.78 is 11.2. The summed E-state index contributed by atoms with van der Waals surface area (Å²) in [5.41, 5.74) is 1.57. The van der Waals surface area contributed by atoms with Crippen LogP contribution in [0, 0.1) is 0 Å². The summed E-state index contributed by atoms with van der Waals surface area (Å²) in [5, 5.41) is 2.89. The van der Waals surface area contributed by atoms with Crippen LogP contribution in [0.15, 0.2) is 76.2 Å². The van der Waals surface area contributed by atoms with Gasteiger partial charge in [-0.15, -0.1) is 11.8 Å². The maximum Gasteiger partial charge on any atom is 0.291 e. The summed E-state index contributed by atoms with van der Waals surface area (Å²) in [6.45, 7) is 1.65. The van der Waals surface area contributed by atoms with Crippen molar-refractivity contribution in [3.05, 3.63) is 78.3 Å². The third-order valence-electron chi connectivity index (χ3n) is 4.22. The SMILES string of the molecule is CN(C)CCCOc1ccc(NC(=O)c2occc2CSc2ccccc2)cc1. The van der Waals surface area contributed by atoms with Crippen molar-refractivity contribution in [2.24, 2.45) is 0 Å². The van der Waals surface area contributed by atoms with Gasteiger partial charge in [0.1, 0.15) is 5.75 Å². The number of carbonyl (C=O) groups is 1. The molecule has 0 atom stereocenters. The van der Waals surface area contributed by atoms with Gasteiger partial charge in [-0.05, 0) is 63.0 Å². The Kier molecular flexibility index (Phi) is 7.78. The molecule has 0 unspecified atom stereocenters. The van der Waals surface area contributed by atoms with E-state index in [4.69, 9.17) is 9.15 Å². The zero-order valence-electron chi connectivity index (χ0n) is 16.8. The fourth-order valence-electron chi connectivity index (χ4n) is 2.72. The van der Waals surface area contributed by atoms with Gasteiger partial charge in [0.25, 0.3) is 5.91 Å². The fourth-order valence-corrected chi connectivity index (χ4v) is 3.62. The van der Waals surface area contributed by atoms with Crippen LogP contribution in [0.2, 0.25) is 0 Å². The predicted octanol–water partition coefficient (Wildman–Crippen LogP) is 5.15. The van der Waals surface area contributed by atoms with Crippen molar-refractivity contribution in [3.63, 3.8) is 0 Å². The second kappa shape index (κ2) is 10.7. The Morgan fingerprint density at radius 2 is 1.83 bits per heavy atom. The van der Waals surface area contributed by atoms with E-state index in [9.17, 15) is 4.79 Å². The second-order valence-electron chi connectivity index (χ2n) is 6.86. The number of carbonyl (C=O) groups excluding carboxylic acids is 1. The standard InChI is InChI=1S/C23H26N2O3S/c1-25(2)14-6-15-27-20-11-9-19(10-12-20)24-23(26)22-18(13-16-28-22)17-29-21-7-4-3-5-8-21/h3-5,7-13,16H,6,14-15,17H2,1-2H3,(H,24,26). The molecule has 1 aromatic heterocycles. The summed E-state index contributed by atoms with van der Waals surface area (Å²) in [6, 6.07) is 19.3. The number of ether oxygens (including phenoxy) is 1. The van der Waals surface area contributed by atoms with Crippen molar-refractivity contribution < 1.29 is 13.9 Å². The molecule has 5 nitrogen and oxygen atoms in total. The molecule has 152 valence electrons. The molecular formula is C23H26N2O3S. The second-order valence-corrected chi connectivity index (χ2v) is 7.91. The van der Waals surface area contributed by atoms with E-state index in [1.807, 2.05) is 62.6 Å². The van der Waals surface area contributed by atoms with Gasteiger partial charge in [-0.3, -0.25) is 4.79 Å². The Balaban J connectivity index is 1.52. The normalized spacial score (nSPS) is 10.9. The lowest BCUT2D eigenvalue weighted by Crippen LogP contribution is -2.15. The Bertz CT molecular complexity index is 892. The third-order valence-corrected chi connectivity index (χ3v) is 5.28. The van der Waals surface area contributed by atoms with E-state index in [1.165, 1.54) is 0 Å². The predicted molar refractivity (Wildman–Crippen MR) is 118 cm³/mol. The number of benzene rings is 2. The van der Waals surface area contributed by atoms with E-state index in [-0.39, 0.29) is 5.91 Å². The summed E-state index contributed by atoms with van der Waals surface area (Å²) in [5.74, 6) is 1.55. The van der Waals surface area contributed by atoms with Crippen LogP contribution in [0.3, 0.4) is 0 Å². The molecule has 0 radical (unpaired) electrons. The van der Waals surface area contributed by atoms with Crippen molar-refractivity contribution in [1.82, 2.24) is 4.90 Å². The number of rotatable bonds is 10. The van der Waals surface area contributed by atoms with E-state index in [0.29, 0.717) is 23.8 Å². The van der Waals surface area contributed by atoms with Crippen molar-refractivity contribution in [2.45, 2.75) is 17.1 Å². The van der Waals surface area contributed by atoms with Crippen LogP contribution < -0.4 is 10.1 Å². The number of nitrogens with zero attached hydrogens (tertiary/aromatic N) is 1. The summed E-state index contributed by atoms with van der Waals surface area (Å²) in [4.78, 5) is 15.9. The van der Waals surface area contributed by atoms with Gasteiger partial charge in [-0.1, -0.05) is 18.2 Å². The lowest BCUT2D eigenvalue weighted by atomic mass is 10.2. The van der Waals surface area contributed by atoms with Crippen molar-refractivity contribution in [3.8, 4) is 5.75 Å². The Morgan fingerprint density at radius 1 is 1.07 bits per heavy atom. The average Bonchev–Trinajstić information content (AvgIpc) is 3.20. The average molecular weight is 411 g/mol. The molecule has 6 heteroatoms. The number of furan rings is 1.